The van der Waals surface area contributed by atoms with Gasteiger partial charge in [-0.25, -0.2) is 4.98 Å². The number of ketones is 1. The SMILES string of the molecule is N#C[C@H](C(=O)C1c2ccccc2-c2ccccc21)c1nc2ccccc2s1. The lowest BCUT2D eigenvalue weighted by Gasteiger charge is -2.15. The predicted molar refractivity (Wildman–Crippen MR) is 107 cm³/mol. The Bertz CT molecular complexity index is 1160. The molecule has 1 aliphatic rings. The van der Waals surface area contributed by atoms with E-state index in [-0.39, 0.29) is 5.78 Å². The second kappa shape index (κ2) is 6.15. The number of fused-ring (bicyclic) bond motifs is 4. The number of hydrogen-bond acceptors (Lipinski definition) is 4. The zero-order valence-electron chi connectivity index (χ0n) is 14.3. The van der Waals surface area contributed by atoms with Crippen LogP contribution in [0.25, 0.3) is 21.3 Å². The average Bonchev–Trinajstić information content (AvgIpc) is 3.27. The predicted octanol–water partition coefficient (Wildman–Crippen LogP) is 5.29. The van der Waals surface area contributed by atoms with E-state index in [9.17, 15) is 10.1 Å². The molecule has 1 heterocycles. The molecule has 1 atom stereocenters. The van der Waals surface area contributed by atoms with Crippen molar-refractivity contribution in [1.82, 2.24) is 4.98 Å². The lowest BCUT2D eigenvalue weighted by Crippen LogP contribution is -2.19. The monoisotopic (exact) mass is 366 g/mol. The first-order chi connectivity index (χ1) is 13.3. The maximum absolute atomic E-state index is 13.5. The fourth-order valence-corrected chi connectivity index (χ4v) is 4.90. The van der Waals surface area contributed by atoms with Crippen molar-refractivity contribution in [2.75, 3.05) is 0 Å². The number of aromatic nitrogens is 1. The van der Waals surface area contributed by atoms with E-state index in [1.807, 2.05) is 72.8 Å². The third-order valence-electron chi connectivity index (χ3n) is 5.09. The molecule has 0 aliphatic heterocycles. The molecule has 0 radical (unpaired) electrons. The number of thiazole rings is 1. The number of benzene rings is 3. The minimum absolute atomic E-state index is 0.103. The molecule has 0 saturated heterocycles. The largest absolute Gasteiger partial charge is 0.297 e. The van der Waals surface area contributed by atoms with E-state index in [1.54, 1.807) is 0 Å². The first-order valence-corrected chi connectivity index (χ1v) is 9.56. The topological polar surface area (TPSA) is 53.8 Å². The van der Waals surface area contributed by atoms with E-state index in [0.717, 1.165) is 32.5 Å². The molecule has 27 heavy (non-hydrogen) atoms. The Balaban J connectivity index is 1.63. The molecule has 0 N–H and O–H groups in total. The lowest BCUT2D eigenvalue weighted by atomic mass is 9.86. The van der Waals surface area contributed by atoms with Crippen LogP contribution < -0.4 is 0 Å². The molecule has 3 aromatic carbocycles. The standard InChI is InChI=1S/C23H14N2OS/c24-13-18(23-25-19-11-5-6-12-20(19)27-23)22(26)21-16-9-3-1-7-14(16)15-8-2-4-10-17(15)21/h1-12,18,21H/t18-/m1/s1. The minimum atomic E-state index is -0.869. The molecule has 0 bridgehead atoms. The zero-order chi connectivity index (χ0) is 18.4. The Labute approximate surface area is 160 Å². The first-order valence-electron chi connectivity index (χ1n) is 8.75. The molecule has 0 spiro atoms. The van der Waals surface area contributed by atoms with Crippen LogP contribution in [0.15, 0.2) is 72.8 Å². The Morgan fingerprint density at radius 3 is 2.15 bits per heavy atom. The van der Waals surface area contributed by atoms with Gasteiger partial charge in [0, 0.05) is 0 Å². The highest BCUT2D eigenvalue weighted by molar-refractivity contribution is 7.18. The van der Waals surface area contributed by atoms with Crippen molar-refractivity contribution in [1.29, 1.82) is 5.26 Å². The van der Waals surface area contributed by atoms with Gasteiger partial charge in [0.1, 0.15) is 5.01 Å². The van der Waals surface area contributed by atoms with Crippen LogP contribution in [0, 0.1) is 11.3 Å². The maximum atomic E-state index is 13.5. The van der Waals surface area contributed by atoms with Gasteiger partial charge in [0.05, 0.1) is 22.2 Å². The van der Waals surface area contributed by atoms with Crippen molar-refractivity contribution < 1.29 is 4.79 Å². The van der Waals surface area contributed by atoms with Gasteiger partial charge in [0.25, 0.3) is 0 Å². The lowest BCUT2D eigenvalue weighted by molar-refractivity contribution is -0.119. The molecule has 1 aliphatic carbocycles. The maximum Gasteiger partial charge on any atom is 0.168 e. The molecule has 1 aromatic heterocycles. The molecule has 0 fully saturated rings. The van der Waals surface area contributed by atoms with Crippen LogP contribution in [-0.2, 0) is 4.79 Å². The highest BCUT2D eigenvalue weighted by Crippen LogP contribution is 2.47. The number of nitrogens with zero attached hydrogens (tertiary/aromatic N) is 2. The van der Waals surface area contributed by atoms with Gasteiger partial charge in [0.2, 0.25) is 0 Å². The van der Waals surface area contributed by atoms with Gasteiger partial charge in [-0.3, -0.25) is 4.79 Å². The van der Waals surface area contributed by atoms with E-state index in [4.69, 9.17) is 0 Å². The highest BCUT2D eigenvalue weighted by Gasteiger charge is 2.38. The summed E-state index contributed by atoms with van der Waals surface area (Å²) >= 11 is 1.43. The summed E-state index contributed by atoms with van der Waals surface area (Å²) in [6.45, 7) is 0. The van der Waals surface area contributed by atoms with Gasteiger partial charge in [-0.05, 0) is 34.4 Å². The molecule has 0 unspecified atom stereocenters. The minimum Gasteiger partial charge on any atom is -0.297 e. The number of nitriles is 1. The summed E-state index contributed by atoms with van der Waals surface area (Å²) in [7, 11) is 0. The summed E-state index contributed by atoms with van der Waals surface area (Å²) in [4.78, 5) is 18.1. The van der Waals surface area contributed by atoms with Gasteiger partial charge < -0.3 is 0 Å². The number of carbonyl (C=O) groups is 1. The van der Waals surface area contributed by atoms with Crippen molar-refractivity contribution in [3.63, 3.8) is 0 Å². The Kier molecular flexibility index (Phi) is 3.63. The number of rotatable bonds is 3. The summed E-state index contributed by atoms with van der Waals surface area (Å²) in [5.74, 6) is -1.39. The number of Topliss-reactive ketones (excluding diaryl/α,β-unsaturated/α-hetero) is 1. The van der Waals surface area contributed by atoms with E-state index in [1.165, 1.54) is 11.3 Å². The third-order valence-corrected chi connectivity index (χ3v) is 6.19. The molecule has 0 saturated carbocycles. The summed E-state index contributed by atoms with van der Waals surface area (Å²) < 4.78 is 0.993. The number of para-hydroxylation sites is 1. The smallest absolute Gasteiger partial charge is 0.168 e. The number of hydrogen-bond donors (Lipinski definition) is 0. The fraction of sp³-hybridized carbons (Fsp3) is 0.0870. The van der Waals surface area contributed by atoms with Crippen LogP contribution >= 0.6 is 11.3 Å². The molecule has 5 rings (SSSR count). The normalized spacial score (nSPS) is 13.7. The van der Waals surface area contributed by atoms with Gasteiger partial charge >= 0.3 is 0 Å². The zero-order valence-corrected chi connectivity index (χ0v) is 15.1. The van der Waals surface area contributed by atoms with Gasteiger partial charge in [0.15, 0.2) is 11.7 Å². The van der Waals surface area contributed by atoms with Crippen LogP contribution in [0.1, 0.15) is 28.0 Å². The van der Waals surface area contributed by atoms with E-state index in [2.05, 4.69) is 11.1 Å². The van der Waals surface area contributed by atoms with Gasteiger partial charge in [-0.15, -0.1) is 11.3 Å². The van der Waals surface area contributed by atoms with Crippen LogP contribution in [0.2, 0.25) is 0 Å². The summed E-state index contributed by atoms with van der Waals surface area (Å²) in [5.41, 5.74) is 4.94. The second-order valence-electron chi connectivity index (χ2n) is 6.59. The van der Waals surface area contributed by atoms with E-state index < -0.39 is 11.8 Å². The quantitative estimate of drug-likeness (QED) is 0.495. The van der Waals surface area contributed by atoms with E-state index in [0.29, 0.717) is 5.01 Å². The van der Waals surface area contributed by atoms with Crippen molar-refractivity contribution >= 4 is 27.3 Å². The molecule has 3 nitrogen and oxygen atoms in total. The third kappa shape index (κ3) is 2.40. The molecule has 4 aromatic rings. The van der Waals surface area contributed by atoms with Crippen LogP contribution in [0.5, 0.6) is 0 Å². The second-order valence-corrected chi connectivity index (χ2v) is 7.65. The Morgan fingerprint density at radius 2 is 1.52 bits per heavy atom. The van der Waals surface area contributed by atoms with E-state index >= 15 is 0 Å². The summed E-state index contributed by atoms with van der Waals surface area (Å²) in [5, 5.41) is 10.4. The molecule has 0 amide bonds. The van der Waals surface area contributed by atoms with Crippen LogP contribution in [0.3, 0.4) is 0 Å². The van der Waals surface area contributed by atoms with Crippen molar-refractivity contribution in [3.8, 4) is 17.2 Å². The Morgan fingerprint density at radius 1 is 0.926 bits per heavy atom. The molecule has 4 heteroatoms. The molecular weight excluding hydrogens is 352 g/mol. The molecular formula is C23H14N2OS. The highest BCUT2D eigenvalue weighted by atomic mass is 32.1. The fourth-order valence-electron chi connectivity index (χ4n) is 3.88. The van der Waals surface area contributed by atoms with Gasteiger partial charge in [-0.2, -0.15) is 5.26 Å². The van der Waals surface area contributed by atoms with Crippen molar-refractivity contribution in [2.45, 2.75) is 11.8 Å². The van der Waals surface area contributed by atoms with Crippen molar-refractivity contribution in [3.05, 3.63) is 88.9 Å². The Hall–Kier alpha value is -3.29. The van der Waals surface area contributed by atoms with Crippen molar-refractivity contribution in [2.24, 2.45) is 0 Å². The van der Waals surface area contributed by atoms with Crippen LogP contribution in [0.4, 0.5) is 0 Å². The van der Waals surface area contributed by atoms with Crippen LogP contribution in [-0.4, -0.2) is 10.8 Å². The number of carbonyl (C=O) groups excluding carboxylic acids is 1. The summed E-state index contributed by atoms with van der Waals surface area (Å²) in [6.07, 6.45) is 0. The first kappa shape index (κ1) is 15.9. The molecule has 128 valence electrons. The summed E-state index contributed by atoms with van der Waals surface area (Å²) in [6, 6.07) is 25.9. The van der Waals surface area contributed by atoms with Gasteiger partial charge in [-0.1, -0.05) is 60.7 Å². The average molecular weight is 366 g/mol.